The van der Waals surface area contributed by atoms with Crippen molar-refractivity contribution in [1.82, 2.24) is 4.31 Å². The highest BCUT2D eigenvalue weighted by molar-refractivity contribution is 7.89. The Morgan fingerprint density at radius 1 is 1.29 bits per heavy atom. The molecule has 1 heterocycles. The van der Waals surface area contributed by atoms with Crippen LogP contribution in [-0.2, 0) is 10.0 Å². The smallest absolute Gasteiger partial charge is 0.243 e. The average molecular weight is 312 g/mol. The van der Waals surface area contributed by atoms with Crippen LogP contribution in [0.4, 0.5) is 5.69 Å². The summed E-state index contributed by atoms with van der Waals surface area (Å²) in [6, 6.07) is 3.47. The lowest BCUT2D eigenvalue weighted by atomic mass is 9.93. The third kappa shape index (κ3) is 3.22. The second kappa shape index (κ2) is 5.94. The van der Waals surface area contributed by atoms with Gasteiger partial charge in [0.05, 0.1) is 11.0 Å². The Hall–Kier alpha value is -1.11. The highest BCUT2D eigenvalue weighted by atomic mass is 32.2. The van der Waals surface area contributed by atoms with Crippen LogP contribution in [0.2, 0.25) is 0 Å². The molecule has 0 amide bonds. The lowest BCUT2D eigenvalue weighted by Crippen LogP contribution is -2.40. The van der Waals surface area contributed by atoms with Gasteiger partial charge in [-0.15, -0.1) is 0 Å². The maximum absolute atomic E-state index is 12.8. The van der Waals surface area contributed by atoms with Crippen molar-refractivity contribution in [3.8, 4) is 0 Å². The zero-order chi connectivity index (χ0) is 15.8. The Morgan fingerprint density at radius 3 is 2.38 bits per heavy atom. The lowest BCUT2D eigenvalue weighted by Gasteiger charge is -2.33. The number of nitrogens with two attached hydrogens (primary N) is 1. The molecule has 21 heavy (non-hydrogen) atoms. The number of benzene rings is 1. The zero-order valence-electron chi connectivity index (χ0n) is 12.8. The monoisotopic (exact) mass is 312 g/mol. The van der Waals surface area contributed by atoms with E-state index in [0.717, 1.165) is 5.56 Å². The predicted molar refractivity (Wildman–Crippen MR) is 83.5 cm³/mol. The number of aryl methyl sites for hydroxylation is 1. The summed E-state index contributed by atoms with van der Waals surface area (Å²) in [5.74, 6) is 0.181. The molecule has 1 fully saturated rings. The van der Waals surface area contributed by atoms with Gasteiger partial charge in [0.15, 0.2) is 0 Å². The molecule has 1 aromatic rings. The van der Waals surface area contributed by atoms with Gasteiger partial charge in [0.1, 0.15) is 0 Å². The Bertz CT molecular complexity index is 618. The van der Waals surface area contributed by atoms with Crippen molar-refractivity contribution in [1.29, 1.82) is 0 Å². The SMILES string of the molecule is Cc1cc(N)c(C)c(S(=O)(=O)N2CCC(C(C)O)CC2)c1. The minimum Gasteiger partial charge on any atom is -0.398 e. The number of hydrogen-bond acceptors (Lipinski definition) is 4. The second-order valence-electron chi connectivity index (χ2n) is 5.96. The van der Waals surface area contributed by atoms with Crippen molar-refractivity contribution in [2.24, 2.45) is 5.92 Å². The van der Waals surface area contributed by atoms with E-state index in [1.54, 1.807) is 26.0 Å². The zero-order valence-corrected chi connectivity index (χ0v) is 13.7. The molecule has 0 bridgehead atoms. The van der Waals surface area contributed by atoms with Crippen LogP contribution in [0, 0.1) is 19.8 Å². The third-order valence-electron chi connectivity index (χ3n) is 4.34. The highest BCUT2D eigenvalue weighted by Crippen LogP contribution is 2.29. The first kappa shape index (κ1) is 16.3. The van der Waals surface area contributed by atoms with Crippen molar-refractivity contribution in [3.63, 3.8) is 0 Å². The number of piperidine rings is 1. The van der Waals surface area contributed by atoms with E-state index in [0.29, 0.717) is 42.1 Å². The van der Waals surface area contributed by atoms with Crippen molar-refractivity contribution < 1.29 is 13.5 Å². The fourth-order valence-electron chi connectivity index (χ4n) is 2.86. The molecular weight excluding hydrogens is 288 g/mol. The van der Waals surface area contributed by atoms with Crippen molar-refractivity contribution in [2.45, 2.75) is 44.6 Å². The van der Waals surface area contributed by atoms with E-state index < -0.39 is 10.0 Å². The van der Waals surface area contributed by atoms with E-state index in [2.05, 4.69) is 0 Å². The molecule has 0 saturated carbocycles. The third-order valence-corrected chi connectivity index (χ3v) is 6.37. The van der Waals surface area contributed by atoms with E-state index >= 15 is 0 Å². The van der Waals surface area contributed by atoms with Crippen LogP contribution in [0.3, 0.4) is 0 Å². The quantitative estimate of drug-likeness (QED) is 0.832. The second-order valence-corrected chi connectivity index (χ2v) is 7.87. The minimum absolute atomic E-state index is 0.181. The lowest BCUT2D eigenvalue weighted by molar-refractivity contribution is 0.0912. The Labute approximate surface area is 126 Å². The maximum atomic E-state index is 12.8. The number of rotatable bonds is 3. The first-order chi connectivity index (χ1) is 9.73. The fraction of sp³-hybridized carbons (Fsp3) is 0.600. The predicted octanol–water partition coefficient (Wildman–Crippen LogP) is 1.67. The molecule has 1 aliphatic heterocycles. The van der Waals surface area contributed by atoms with Crippen LogP contribution < -0.4 is 5.73 Å². The highest BCUT2D eigenvalue weighted by Gasteiger charge is 2.32. The van der Waals surface area contributed by atoms with Gasteiger partial charge in [-0.1, -0.05) is 0 Å². The number of nitrogens with zero attached hydrogens (tertiary/aromatic N) is 1. The molecule has 1 aromatic carbocycles. The van der Waals surface area contributed by atoms with Gasteiger partial charge in [-0.3, -0.25) is 0 Å². The number of aliphatic hydroxyl groups excluding tert-OH is 1. The number of anilines is 1. The van der Waals surface area contributed by atoms with Gasteiger partial charge in [0.2, 0.25) is 10.0 Å². The molecule has 6 heteroatoms. The maximum Gasteiger partial charge on any atom is 0.243 e. The molecule has 0 aliphatic carbocycles. The van der Waals surface area contributed by atoms with E-state index in [4.69, 9.17) is 5.73 Å². The van der Waals surface area contributed by atoms with Crippen LogP contribution in [0.25, 0.3) is 0 Å². The van der Waals surface area contributed by atoms with Crippen molar-refractivity contribution >= 4 is 15.7 Å². The molecule has 5 nitrogen and oxygen atoms in total. The van der Waals surface area contributed by atoms with Gasteiger partial charge in [-0.2, -0.15) is 4.31 Å². The molecule has 1 atom stereocenters. The summed E-state index contributed by atoms with van der Waals surface area (Å²) >= 11 is 0. The Balaban J connectivity index is 2.28. The molecular formula is C15H24N2O3S. The summed E-state index contributed by atoms with van der Waals surface area (Å²) in [6.45, 7) is 6.25. The van der Waals surface area contributed by atoms with Crippen LogP contribution >= 0.6 is 0 Å². The summed E-state index contributed by atoms with van der Waals surface area (Å²) in [5.41, 5.74) is 7.85. The van der Waals surface area contributed by atoms with Crippen LogP contribution in [0.15, 0.2) is 17.0 Å². The number of aliphatic hydroxyl groups is 1. The van der Waals surface area contributed by atoms with Crippen molar-refractivity contribution in [3.05, 3.63) is 23.3 Å². The largest absolute Gasteiger partial charge is 0.398 e. The summed E-state index contributed by atoms with van der Waals surface area (Å²) in [5, 5.41) is 9.62. The molecule has 3 N–H and O–H groups in total. The van der Waals surface area contributed by atoms with Crippen LogP contribution in [-0.4, -0.2) is 37.0 Å². The van der Waals surface area contributed by atoms with Gasteiger partial charge in [0.25, 0.3) is 0 Å². The van der Waals surface area contributed by atoms with E-state index in [1.165, 1.54) is 4.31 Å². The normalized spacial score (nSPS) is 19.6. The molecule has 2 rings (SSSR count). The average Bonchev–Trinajstić information content (AvgIpc) is 2.42. The van der Waals surface area contributed by atoms with E-state index in [9.17, 15) is 13.5 Å². The van der Waals surface area contributed by atoms with Crippen LogP contribution in [0.5, 0.6) is 0 Å². The summed E-state index contributed by atoms with van der Waals surface area (Å²) in [4.78, 5) is 0.301. The molecule has 0 radical (unpaired) electrons. The van der Waals surface area contributed by atoms with Gasteiger partial charge >= 0.3 is 0 Å². The summed E-state index contributed by atoms with van der Waals surface area (Å²) in [7, 11) is -3.52. The minimum atomic E-state index is -3.52. The topological polar surface area (TPSA) is 83.6 Å². The van der Waals surface area contributed by atoms with Crippen molar-refractivity contribution in [2.75, 3.05) is 18.8 Å². The standard InChI is InChI=1S/C15H24N2O3S/c1-10-8-14(16)11(2)15(9-10)21(19,20)17-6-4-13(5-7-17)12(3)18/h8-9,12-13,18H,4-7,16H2,1-3H3. The van der Waals surface area contributed by atoms with Gasteiger partial charge in [-0.05, 0) is 62.8 Å². The molecule has 1 unspecified atom stereocenters. The Morgan fingerprint density at radius 2 is 1.86 bits per heavy atom. The van der Waals surface area contributed by atoms with Gasteiger partial charge in [-0.25, -0.2) is 8.42 Å². The fourth-order valence-corrected chi connectivity index (χ4v) is 4.67. The number of hydrogen-bond donors (Lipinski definition) is 2. The molecule has 1 aliphatic rings. The number of sulfonamides is 1. The number of nitrogen functional groups attached to an aromatic ring is 1. The molecule has 118 valence electrons. The molecule has 0 spiro atoms. The van der Waals surface area contributed by atoms with E-state index in [1.807, 2.05) is 6.92 Å². The molecule has 0 aromatic heterocycles. The van der Waals surface area contributed by atoms with E-state index in [-0.39, 0.29) is 12.0 Å². The summed E-state index contributed by atoms with van der Waals surface area (Å²) in [6.07, 6.45) is 1.00. The molecule has 1 saturated heterocycles. The van der Waals surface area contributed by atoms with Crippen LogP contribution in [0.1, 0.15) is 30.9 Å². The Kier molecular flexibility index (Phi) is 4.60. The first-order valence-electron chi connectivity index (χ1n) is 7.28. The van der Waals surface area contributed by atoms with Gasteiger partial charge < -0.3 is 10.8 Å². The van der Waals surface area contributed by atoms with Gasteiger partial charge in [0, 0.05) is 18.8 Å². The first-order valence-corrected chi connectivity index (χ1v) is 8.72. The summed E-state index contributed by atoms with van der Waals surface area (Å²) < 4.78 is 27.1.